The molecule has 0 saturated carbocycles. The monoisotopic (exact) mass is 205 g/mol. The minimum Gasteiger partial charge on any atom is -0.377 e. The molecule has 0 aliphatic carbocycles. The standard InChI is InChI=1S/C13H19NO/c1-2-6-12(7-3-1)10-14-11-13-8-4-5-9-15-13/h1-3,6-7,13-14H,4-5,8-11H2. The second kappa shape index (κ2) is 5.89. The average molecular weight is 205 g/mol. The van der Waals surface area contributed by atoms with Crippen molar-refractivity contribution in [2.24, 2.45) is 0 Å². The van der Waals surface area contributed by atoms with Gasteiger partial charge in [0.05, 0.1) is 6.10 Å². The van der Waals surface area contributed by atoms with Crippen LogP contribution >= 0.6 is 0 Å². The van der Waals surface area contributed by atoms with E-state index in [4.69, 9.17) is 4.74 Å². The molecule has 1 aliphatic rings. The lowest BCUT2D eigenvalue weighted by molar-refractivity contribution is 0.0168. The van der Waals surface area contributed by atoms with E-state index >= 15 is 0 Å². The molecular formula is C13H19NO. The highest BCUT2D eigenvalue weighted by molar-refractivity contribution is 5.14. The molecule has 0 bridgehead atoms. The largest absolute Gasteiger partial charge is 0.377 e. The van der Waals surface area contributed by atoms with Crippen molar-refractivity contribution in [3.8, 4) is 0 Å². The fourth-order valence-corrected chi connectivity index (χ4v) is 1.94. The van der Waals surface area contributed by atoms with E-state index in [1.54, 1.807) is 0 Å². The number of benzene rings is 1. The summed E-state index contributed by atoms with van der Waals surface area (Å²) in [7, 11) is 0. The molecule has 15 heavy (non-hydrogen) atoms. The summed E-state index contributed by atoms with van der Waals surface area (Å²) < 4.78 is 5.65. The van der Waals surface area contributed by atoms with E-state index in [1.165, 1.54) is 24.8 Å². The maximum atomic E-state index is 5.65. The summed E-state index contributed by atoms with van der Waals surface area (Å²) >= 11 is 0. The molecule has 0 radical (unpaired) electrons. The van der Waals surface area contributed by atoms with E-state index in [0.29, 0.717) is 6.10 Å². The Morgan fingerprint density at radius 3 is 2.80 bits per heavy atom. The molecule has 1 saturated heterocycles. The topological polar surface area (TPSA) is 21.3 Å². The number of ether oxygens (including phenoxy) is 1. The van der Waals surface area contributed by atoms with Crippen molar-refractivity contribution < 1.29 is 4.74 Å². The molecule has 1 atom stereocenters. The van der Waals surface area contributed by atoms with Gasteiger partial charge in [-0.2, -0.15) is 0 Å². The first kappa shape index (κ1) is 10.7. The van der Waals surface area contributed by atoms with Crippen LogP contribution in [-0.2, 0) is 11.3 Å². The number of nitrogens with one attached hydrogen (secondary N) is 1. The SMILES string of the molecule is c1ccc(CNCC2CCCCO2)cc1. The molecule has 1 unspecified atom stereocenters. The van der Waals surface area contributed by atoms with Crippen molar-refractivity contribution in [1.29, 1.82) is 0 Å². The van der Waals surface area contributed by atoms with Crippen LogP contribution in [-0.4, -0.2) is 19.3 Å². The van der Waals surface area contributed by atoms with Crippen LogP contribution in [0, 0.1) is 0 Å². The predicted octanol–water partition coefficient (Wildman–Crippen LogP) is 2.35. The normalized spacial score (nSPS) is 21.5. The fourth-order valence-electron chi connectivity index (χ4n) is 1.94. The predicted molar refractivity (Wildman–Crippen MR) is 61.7 cm³/mol. The van der Waals surface area contributed by atoms with Gasteiger partial charge in [-0.15, -0.1) is 0 Å². The van der Waals surface area contributed by atoms with Crippen LogP contribution in [0.2, 0.25) is 0 Å². The van der Waals surface area contributed by atoms with Crippen LogP contribution in [0.25, 0.3) is 0 Å². The maximum absolute atomic E-state index is 5.65. The number of rotatable bonds is 4. The van der Waals surface area contributed by atoms with E-state index in [2.05, 4.69) is 29.6 Å². The summed E-state index contributed by atoms with van der Waals surface area (Å²) in [5, 5.41) is 3.45. The Morgan fingerprint density at radius 2 is 2.07 bits per heavy atom. The zero-order valence-electron chi connectivity index (χ0n) is 9.11. The third kappa shape index (κ3) is 3.65. The first-order chi connectivity index (χ1) is 7.45. The number of hydrogen-bond acceptors (Lipinski definition) is 2. The highest BCUT2D eigenvalue weighted by atomic mass is 16.5. The molecule has 2 nitrogen and oxygen atoms in total. The molecule has 82 valence electrons. The smallest absolute Gasteiger partial charge is 0.0699 e. The van der Waals surface area contributed by atoms with Crippen LogP contribution in [0.1, 0.15) is 24.8 Å². The molecule has 2 rings (SSSR count). The molecule has 1 fully saturated rings. The van der Waals surface area contributed by atoms with Crippen LogP contribution in [0.5, 0.6) is 0 Å². The molecule has 1 aliphatic heterocycles. The lowest BCUT2D eigenvalue weighted by Crippen LogP contribution is -2.31. The van der Waals surface area contributed by atoms with Gasteiger partial charge in [0.1, 0.15) is 0 Å². The van der Waals surface area contributed by atoms with Crippen molar-refractivity contribution >= 4 is 0 Å². The first-order valence-electron chi connectivity index (χ1n) is 5.81. The van der Waals surface area contributed by atoms with Gasteiger partial charge in [0, 0.05) is 19.7 Å². The third-order valence-corrected chi connectivity index (χ3v) is 2.82. The van der Waals surface area contributed by atoms with Crippen LogP contribution < -0.4 is 5.32 Å². The summed E-state index contributed by atoms with van der Waals surface area (Å²) in [4.78, 5) is 0. The third-order valence-electron chi connectivity index (χ3n) is 2.82. The van der Waals surface area contributed by atoms with Crippen LogP contribution in [0.3, 0.4) is 0 Å². The highest BCUT2D eigenvalue weighted by Crippen LogP contribution is 2.11. The van der Waals surface area contributed by atoms with Crippen molar-refractivity contribution in [2.45, 2.75) is 31.9 Å². The van der Waals surface area contributed by atoms with Gasteiger partial charge in [-0.1, -0.05) is 30.3 Å². The Kier molecular flexibility index (Phi) is 4.18. The molecule has 0 spiro atoms. The van der Waals surface area contributed by atoms with Gasteiger partial charge in [0.2, 0.25) is 0 Å². The van der Waals surface area contributed by atoms with Crippen molar-refractivity contribution in [3.05, 3.63) is 35.9 Å². The lowest BCUT2D eigenvalue weighted by Gasteiger charge is -2.22. The van der Waals surface area contributed by atoms with Crippen LogP contribution in [0.4, 0.5) is 0 Å². The van der Waals surface area contributed by atoms with Gasteiger partial charge in [-0.25, -0.2) is 0 Å². The molecule has 2 heteroatoms. The van der Waals surface area contributed by atoms with Gasteiger partial charge in [-0.05, 0) is 24.8 Å². The van der Waals surface area contributed by atoms with E-state index in [0.717, 1.165) is 19.7 Å². The fraction of sp³-hybridized carbons (Fsp3) is 0.538. The Hall–Kier alpha value is -0.860. The second-order valence-electron chi connectivity index (χ2n) is 4.11. The van der Waals surface area contributed by atoms with Crippen LogP contribution in [0.15, 0.2) is 30.3 Å². The van der Waals surface area contributed by atoms with E-state index in [9.17, 15) is 0 Å². The van der Waals surface area contributed by atoms with E-state index in [-0.39, 0.29) is 0 Å². The molecule has 1 N–H and O–H groups in total. The molecule has 0 aromatic heterocycles. The minimum absolute atomic E-state index is 0.433. The summed E-state index contributed by atoms with van der Waals surface area (Å²) in [6, 6.07) is 10.5. The van der Waals surface area contributed by atoms with Crippen molar-refractivity contribution in [2.75, 3.05) is 13.2 Å². The second-order valence-corrected chi connectivity index (χ2v) is 4.11. The zero-order valence-corrected chi connectivity index (χ0v) is 9.11. The van der Waals surface area contributed by atoms with Crippen molar-refractivity contribution in [1.82, 2.24) is 5.32 Å². The Balaban J connectivity index is 1.66. The zero-order chi connectivity index (χ0) is 10.3. The average Bonchev–Trinajstić information content (AvgIpc) is 2.32. The Labute approximate surface area is 91.6 Å². The van der Waals surface area contributed by atoms with Gasteiger partial charge < -0.3 is 10.1 Å². The lowest BCUT2D eigenvalue weighted by atomic mass is 10.1. The van der Waals surface area contributed by atoms with Gasteiger partial charge >= 0.3 is 0 Å². The molecule has 1 heterocycles. The molecular weight excluding hydrogens is 186 g/mol. The van der Waals surface area contributed by atoms with E-state index in [1.807, 2.05) is 6.07 Å². The molecule has 1 aromatic carbocycles. The summed E-state index contributed by atoms with van der Waals surface area (Å²) in [5.74, 6) is 0. The Bertz CT molecular complexity index is 267. The summed E-state index contributed by atoms with van der Waals surface area (Å²) in [6.45, 7) is 2.87. The highest BCUT2D eigenvalue weighted by Gasteiger charge is 2.12. The first-order valence-corrected chi connectivity index (χ1v) is 5.81. The summed E-state index contributed by atoms with van der Waals surface area (Å²) in [5.41, 5.74) is 1.34. The maximum Gasteiger partial charge on any atom is 0.0699 e. The minimum atomic E-state index is 0.433. The number of hydrogen-bond donors (Lipinski definition) is 1. The Morgan fingerprint density at radius 1 is 1.20 bits per heavy atom. The van der Waals surface area contributed by atoms with E-state index < -0.39 is 0 Å². The van der Waals surface area contributed by atoms with Crippen molar-refractivity contribution in [3.63, 3.8) is 0 Å². The molecule has 1 aromatic rings. The molecule has 0 amide bonds. The van der Waals surface area contributed by atoms with Gasteiger partial charge in [0.25, 0.3) is 0 Å². The van der Waals surface area contributed by atoms with Gasteiger partial charge in [-0.3, -0.25) is 0 Å². The quantitative estimate of drug-likeness (QED) is 0.814. The van der Waals surface area contributed by atoms with Gasteiger partial charge in [0.15, 0.2) is 0 Å². The summed E-state index contributed by atoms with van der Waals surface area (Å²) in [6.07, 6.45) is 4.19.